The van der Waals surface area contributed by atoms with Crippen LogP contribution in [-0.2, 0) is 9.53 Å². The highest BCUT2D eigenvalue weighted by molar-refractivity contribution is 5.90. The lowest BCUT2D eigenvalue weighted by Gasteiger charge is -2.31. The molecule has 0 radical (unpaired) electrons. The van der Waals surface area contributed by atoms with E-state index in [9.17, 15) is 9.59 Å². The van der Waals surface area contributed by atoms with Crippen molar-refractivity contribution in [2.75, 3.05) is 19.7 Å². The Labute approximate surface area is 115 Å². The van der Waals surface area contributed by atoms with Crippen LogP contribution in [0.3, 0.4) is 0 Å². The van der Waals surface area contributed by atoms with E-state index < -0.39 is 12.1 Å². The highest BCUT2D eigenvalue weighted by Gasteiger charge is 2.31. The lowest BCUT2D eigenvalue weighted by atomic mass is 10.2. The van der Waals surface area contributed by atoms with E-state index in [1.54, 1.807) is 4.90 Å². The molecule has 108 valence electrons. The molecule has 2 heterocycles. The molecule has 2 fully saturated rings. The Hall–Kier alpha value is -1.96. The minimum Gasteiger partial charge on any atom is -0.481 e. The number of carbonyl (C=O) groups is 2. The topological polar surface area (TPSA) is 108 Å². The van der Waals surface area contributed by atoms with E-state index in [1.165, 1.54) is 0 Å². The Bertz CT molecular complexity index is 525. The summed E-state index contributed by atoms with van der Waals surface area (Å²) in [5, 5.41) is 15.5. The van der Waals surface area contributed by atoms with Gasteiger partial charge in [0.25, 0.3) is 5.91 Å². The molecule has 2 aliphatic rings. The molecule has 1 amide bonds. The number of rotatable bonds is 4. The zero-order chi connectivity index (χ0) is 14.1. The molecular weight excluding hydrogens is 264 g/mol. The van der Waals surface area contributed by atoms with Gasteiger partial charge in [-0.05, 0) is 12.8 Å². The van der Waals surface area contributed by atoms with Crippen molar-refractivity contribution in [1.29, 1.82) is 0 Å². The SMILES string of the molecule is O=C(O)CC1CN(C(=O)c2n[nH]c(C3CC3)n2)CCO1. The van der Waals surface area contributed by atoms with Gasteiger partial charge in [-0.1, -0.05) is 0 Å². The maximum Gasteiger partial charge on any atom is 0.306 e. The molecule has 1 atom stereocenters. The molecule has 3 rings (SSSR count). The van der Waals surface area contributed by atoms with Crippen LogP contribution in [0.15, 0.2) is 0 Å². The number of amides is 1. The Morgan fingerprint density at radius 3 is 2.95 bits per heavy atom. The summed E-state index contributed by atoms with van der Waals surface area (Å²) in [5.74, 6) is 0.130. The summed E-state index contributed by atoms with van der Waals surface area (Å²) in [7, 11) is 0. The third-order valence-electron chi connectivity index (χ3n) is 3.49. The van der Waals surface area contributed by atoms with Gasteiger partial charge in [0, 0.05) is 19.0 Å². The Morgan fingerprint density at radius 2 is 2.25 bits per heavy atom. The first-order valence-corrected chi connectivity index (χ1v) is 6.68. The number of ether oxygens (including phenoxy) is 1. The number of morpholine rings is 1. The zero-order valence-electron chi connectivity index (χ0n) is 10.9. The van der Waals surface area contributed by atoms with Gasteiger partial charge in [0.2, 0.25) is 5.82 Å². The normalized spacial score (nSPS) is 22.8. The molecule has 0 bridgehead atoms. The summed E-state index contributed by atoms with van der Waals surface area (Å²) in [4.78, 5) is 28.7. The number of carboxylic acids is 1. The highest BCUT2D eigenvalue weighted by atomic mass is 16.5. The summed E-state index contributed by atoms with van der Waals surface area (Å²) in [6, 6.07) is 0. The zero-order valence-corrected chi connectivity index (χ0v) is 10.9. The van der Waals surface area contributed by atoms with E-state index in [0.29, 0.717) is 19.1 Å². The van der Waals surface area contributed by atoms with Gasteiger partial charge in [-0.15, -0.1) is 5.10 Å². The lowest BCUT2D eigenvalue weighted by Crippen LogP contribution is -2.46. The van der Waals surface area contributed by atoms with Gasteiger partial charge < -0.3 is 14.7 Å². The maximum absolute atomic E-state index is 12.3. The van der Waals surface area contributed by atoms with Crippen molar-refractivity contribution in [1.82, 2.24) is 20.1 Å². The van der Waals surface area contributed by atoms with Crippen molar-refractivity contribution in [3.8, 4) is 0 Å². The van der Waals surface area contributed by atoms with Crippen molar-refractivity contribution in [2.24, 2.45) is 0 Å². The molecular formula is C12H16N4O4. The van der Waals surface area contributed by atoms with Crippen LogP contribution in [0, 0.1) is 0 Å². The van der Waals surface area contributed by atoms with E-state index >= 15 is 0 Å². The predicted octanol–water partition coefficient (Wildman–Crippen LogP) is -0.00220. The highest BCUT2D eigenvalue weighted by Crippen LogP contribution is 2.37. The molecule has 1 aromatic heterocycles. The van der Waals surface area contributed by atoms with Gasteiger partial charge in [-0.3, -0.25) is 14.7 Å². The fraction of sp³-hybridized carbons (Fsp3) is 0.667. The number of hydrogen-bond donors (Lipinski definition) is 2. The van der Waals surface area contributed by atoms with Gasteiger partial charge in [0.1, 0.15) is 5.82 Å². The summed E-state index contributed by atoms with van der Waals surface area (Å²) in [6.07, 6.45) is 1.60. The molecule has 8 nitrogen and oxygen atoms in total. The number of nitrogens with zero attached hydrogens (tertiary/aromatic N) is 3. The molecule has 1 aliphatic heterocycles. The minimum atomic E-state index is -0.932. The van der Waals surface area contributed by atoms with Gasteiger partial charge in [0.15, 0.2) is 0 Å². The summed E-state index contributed by atoms with van der Waals surface area (Å²) < 4.78 is 5.34. The van der Waals surface area contributed by atoms with Crippen molar-refractivity contribution >= 4 is 11.9 Å². The minimum absolute atomic E-state index is 0.106. The Morgan fingerprint density at radius 1 is 1.45 bits per heavy atom. The molecule has 1 unspecified atom stereocenters. The first-order valence-electron chi connectivity index (χ1n) is 6.68. The van der Waals surface area contributed by atoms with Gasteiger partial charge in [-0.25, -0.2) is 4.98 Å². The number of nitrogens with one attached hydrogen (secondary N) is 1. The number of aromatic nitrogens is 3. The molecule has 20 heavy (non-hydrogen) atoms. The quantitative estimate of drug-likeness (QED) is 0.803. The number of hydrogen-bond acceptors (Lipinski definition) is 5. The van der Waals surface area contributed by atoms with Crippen LogP contribution in [0.4, 0.5) is 0 Å². The van der Waals surface area contributed by atoms with Crippen molar-refractivity contribution in [3.63, 3.8) is 0 Å². The molecule has 1 saturated carbocycles. The van der Waals surface area contributed by atoms with Crippen LogP contribution in [0.5, 0.6) is 0 Å². The van der Waals surface area contributed by atoms with Crippen LogP contribution in [0.1, 0.15) is 41.6 Å². The number of aromatic amines is 1. The molecule has 2 N–H and O–H groups in total. The van der Waals surface area contributed by atoms with Crippen LogP contribution >= 0.6 is 0 Å². The molecule has 0 spiro atoms. The van der Waals surface area contributed by atoms with E-state index in [-0.39, 0.29) is 24.7 Å². The largest absolute Gasteiger partial charge is 0.481 e. The molecule has 8 heteroatoms. The van der Waals surface area contributed by atoms with E-state index in [1.807, 2.05) is 0 Å². The predicted molar refractivity (Wildman–Crippen MR) is 66.3 cm³/mol. The lowest BCUT2D eigenvalue weighted by molar-refractivity contribution is -0.141. The fourth-order valence-corrected chi connectivity index (χ4v) is 2.27. The smallest absolute Gasteiger partial charge is 0.306 e. The number of carboxylic acid groups (broad SMARTS) is 1. The molecule has 0 aromatic carbocycles. The van der Waals surface area contributed by atoms with Gasteiger partial charge in [-0.2, -0.15) is 0 Å². The second kappa shape index (κ2) is 5.20. The fourth-order valence-electron chi connectivity index (χ4n) is 2.27. The molecule has 1 aliphatic carbocycles. The van der Waals surface area contributed by atoms with Crippen molar-refractivity contribution in [2.45, 2.75) is 31.3 Å². The number of H-pyrrole nitrogens is 1. The Balaban J connectivity index is 1.64. The second-order valence-electron chi connectivity index (χ2n) is 5.16. The van der Waals surface area contributed by atoms with E-state index in [2.05, 4.69) is 15.2 Å². The van der Waals surface area contributed by atoms with Crippen LogP contribution < -0.4 is 0 Å². The second-order valence-corrected chi connectivity index (χ2v) is 5.16. The maximum atomic E-state index is 12.3. The first-order chi connectivity index (χ1) is 9.63. The van der Waals surface area contributed by atoms with Crippen LogP contribution in [-0.4, -0.2) is 62.9 Å². The molecule has 1 saturated heterocycles. The number of aliphatic carboxylic acids is 1. The third-order valence-corrected chi connectivity index (χ3v) is 3.49. The van der Waals surface area contributed by atoms with E-state index in [4.69, 9.17) is 9.84 Å². The average Bonchev–Trinajstić information content (AvgIpc) is 3.15. The van der Waals surface area contributed by atoms with Crippen LogP contribution in [0.25, 0.3) is 0 Å². The van der Waals surface area contributed by atoms with Crippen LogP contribution in [0.2, 0.25) is 0 Å². The van der Waals surface area contributed by atoms with Crippen molar-refractivity contribution < 1.29 is 19.4 Å². The average molecular weight is 280 g/mol. The molecule has 1 aromatic rings. The van der Waals surface area contributed by atoms with E-state index in [0.717, 1.165) is 18.7 Å². The monoisotopic (exact) mass is 280 g/mol. The Kier molecular flexibility index (Phi) is 3.39. The van der Waals surface area contributed by atoms with Gasteiger partial charge >= 0.3 is 5.97 Å². The summed E-state index contributed by atoms with van der Waals surface area (Å²) >= 11 is 0. The first kappa shape index (κ1) is 13.0. The summed E-state index contributed by atoms with van der Waals surface area (Å²) in [6.45, 7) is 1.03. The van der Waals surface area contributed by atoms with Crippen molar-refractivity contribution in [3.05, 3.63) is 11.6 Å². The standard InChI is InChI=1S/C12H16N4O4/c17-9(18)5-8-6-16(3-4-20-8)12(19)11-13-10(14-15-11)7-1-2-7/h7-8H,1-6H2,(H,17,18)(H,13,14,15). The van der Waals surface area contributed by atoms with Gasteiger partial charge in [0.05, 0.1) is 19.1 Å². The summed E-state index contributed by atoms with van der Waals surface area (Å²) in [5.41, 5.74) is 0. The number of carbonyl (C=O) groups excluding carboxylic acids is 1. The third kappa shape index (κ3) is 2.79.